The zero-order chi connectivity index (χ0) is 34.9. The summed E-state index contributed by atoms with van der Waals surface area (Å²) in [7, 11) is 0. The molecule has 0 spiro atoms. The average molecular weight is 678 g/mol. The van der Waals surface area contributed by atoms with Crippen LogP contribution >= 0.6 is 0 Å². The summed E-state index contributed by atoms with van der Waals surface area (Å²) in [4.78, 5) is 7.23. The summed E-state index contributed by atoms with van der Waals surface area (Å²) in [6.07, 6.45) is 1.94. The highest BCUT2D eigenvalue weighted by Gasteiger charge is 2.19. The van der Waals surface area contributed by atoms with Crippen LogP contribution in [0.5, 0.6) is 0 Å². The van der Waals surface area contributed by atoms with Crippen LogP contribution in [0.4, 0.5) is 17.1 Å². The standard InChI is InChI=1S/C49H31N3O/c1-2-14-36(15-3-1)51(37-24-22-33(23-25-37)40-18-10-20-46-47(40)48-49(53-46)41-16-7-6-13-35(41)31-50-48)39-27-28-45-43(30-39)42-17-8-9-19-44(42)52(45)38-26-21-32-11-4-5-12-34(32)29-38/h1-31H. The van der Waals surface area contributed by atoms with Crippen molar-refractivity contribution >= 4 is 82.5 Å². The first-order chi connectivity index (χ1) is 26.3. The number of fused-ring (bicyclic) bond motifs is 9. The Hall–Kier alpha value is -7.17. The van der Waals surface area contributed by atoms with Crippen molar-refractivity contribution in [1.29, 1.82) is 0 Å². The van der Waals surface area contributed by atoms with Gasteiger partial charge in [-0.2, -0.15) is 0 Å². The second kappa shape index (κ2) is 11.7. The van der Waals surface area contributed by atoms with Gasteiger partial charge in [0.05, 0.1) is 16.4 Å². The fourth-order valence-electron chi connectivity index (χ4n) is 8.14. The first-order valence-corrected chi connectivity index (χ1v) is 18.0. The number of benzene rings is 8. The fraction of sp³-hybridized carbons (Fsp3) is 0. The van der Waals surface area contributed by atoms with Gasteiger partial charge in [0.2, 0.25) is 0 Å². The zero-order valence-corrected chi connectivity index (χ0v) is 28.6. The van der Waals surface area contributed by atoms with E-state index >= 15 is 0 Å². The molecule has 3 heterocycles. The lowest BCUT2D eigenvalue weighted by Gasteiger charge is -2.26. The second-order valence-electron chi connectivity index (χ2n) is 13.6. The minimum atomic E-state index is 0.829. The molecule has 0 bridgehead atoms. The molecule has 0 saturated carbocycles. The number of nitrogens with zero attached hydrogens (tertiary/aromatic N) is 3. The van der Waals surface area contributed by atoms with Gasteiger partial charge in [0, 0.05) is 50.5 Å². The van der Waals surface area contributed by atoms with Gasteiger partial charge in [0.25, 0.3) is 0 Å². The lowest BCUT2D eigenvalue weighted by Crippen LogP contribution is -2.09. The predicted molar refractivity (Wildman–Crippen MR) is 221 cm³/mol. The Morgan fingerprint density at radius 2 is 1.17 bits per heavy atom. The smallest absolute Gasteiger partial charge is 0.161 e. The molecule has 0 atom stereocenters. The predicted octanol–water partition coefficient (Wildman–Crippen LogP) is 13.5. The first-order valence-electron chi connectivity index (χ1n) is 18.0. The second-order valence-corrected chi connectivity index (χ2v) is 13.6. The molecule has 4 nitrogen and oxygen atoms in total. The Balaban J connectivity index is 1.05. The third-order valence-electron chi connectivity index (χ3n) is 10.6. The van der Waals surface area contributed by atoms with E-state index in [1.807, 2.05) is 24.4 Å². The van der Waals surface area contributed by atoms with Crippen LogP contribution in [0.1, 0.15) is 0 Å². The van der Waals surface area contributed by atoms with E-state index < -0.39 is 0 Å². The summed E-state index contributed by atoms with van der Waals surface area (Å²) in [5.74, 6) is 0. The molecular formula is C49H31N3O. The summed E-state index contributed by atoms with van der Waals surface area (Å²) in [5.41, 5.74) is 11.6. The molecule has 0 aliphatic heterocycles. The van der Waals surface area contributed by atoms with E-state index in [1.54, 1.807) is 0 Å². The SMILES string of the molecule is c1ccc(N(c2ccc(-c3cccc4oc5c6ccccc6cnc5c34)cc2)c2ccc3c(c2)c2ccccc2n3-c2ccc3ccccc3c2)cc1. The molecule has 0 fully saturated rings. The number of anilines is 3. The quantitative estimate of drug-likeness (QED) is 0.182. The molecule has 53 heavy (non-hydrogen) atoms. The summed E-state index contributed by atoms with van der Waals surface area (Å²) >= 11 is 0. The van der Waals surface area contributed by atoms with E-state index in [2.05, 4.69) is 173 Å². The maximum absolute atomic E-state index is 6.45. The lowest BCUT2D eigenvalue weighted by atomic mass is 10.00. The van der Waals surface area contributed by atoms with Crippen LogP contribution < -0.4 is 4.90 Å². The van der Waals surface area contributed by atoms with Crippen molar-refractivity contribution in [3.63, 3.8) is 0 Å². The summed E-state index contributed by atoms with van der Waals surface area (Å²) in [5, 5.41) is 8.09. The number of aromatic nitrogens is 2. The largest absolute Gasteiger partial charge is 0.454 e. The molecular weight excluding hydrogens is 647 g/mol. The van der Waals surface area contributed by atoms with Crippen molar-refractivity contribution in [3.05, 3.63) is 188 Å². The molecule has 0 saturated heterocycles. The molecule has 0 amide bonds. The molecule has 3 aromatic heterocycles. The van der Waals surface area contributed by atoms with Crippen molar-refractivity contribution in [2.45, 2.75) is 0 Å². The van der Waals surface area contributed by atoms with Crippen LogP contribution in [-0.4, -0.2) is 9.55 Å². The van der Waals surface area contributed by atoms with Crippen molar-refractivity contribution in [2.24, 2.45) is 0 Å². The number of hydrogen-bond donors (Lipinski definition) is 0. The Bertz CT molecular complexity index is 3170. The molecule has 11 rings (SSSR count). The molecule has 0 aliphatic carbocycles. The number of pyridine rings is 1. The Morgan fingerprint density at radius 3 is 2.04 bits per heavy atom. The number of hydrogen-bond acceptors (Lipinski definition) is 3. The third kappa shape index (κ3) is 4.66. The van der Waals surface area contributed by atoms with Crippen LogP contribution in [0, 0.1) is 0 Å². The first kappa shape index (κ1) is 29.5. The summed E-state index contributed by atoms with van der Waals surface area (Å²) in [6.45, 7) is 0. The van der Waals surface area contributed by atoms with Crippen LogP contribution in [-0.2, 0) is 0 Å². The number of furan rings is 1. The molecule has 0 unspecified atom stereocenters. The highest BCUT2D eigenvalue weighted by atomic mass is 16.3. The Labute approximate surface area is 305 Å². The van der Waals surface area contributed by atoms with Gasteiger partial charge < -0.3 is 13.9 Å². The molecule has 0 radical (unpaired) electrons. The monoisotopic (exact) mass is 677 g/mol. The molecule has 8 aromatic carbocycles. The molecule has 4 heteroatoms. The Morgan fingerprint density at radius 1 is 0.472 bits per heavy atom. The van der Waals surface area contributed by atoms with Gasteiger partial charge in [-0.3, -0.25) is 4.98 Å². The van der Waals surface area contributed by atoms with Gasteiger partial charge >= 0.3 is 0 Å². The topological polar surface area (TPSA) is 34.2 Å². The maximum atomic E-state index is 6.45. The van der Waals surface area contributed by atoms with Crippen molar-refractivity contribution in [2.75, 3.05) is 4.90 Å². The van der Waals surface area contributed by atoms with Gasteiger partial charge in [0.1, 0.15) is 11.1 Å². The van der Waals surface area contributed by atoms with Crippen molar-refractivity contribution in [1.82, 2.24) is 9.55 Å². The highest BCUT2D eigenvalue weighted by Crippen LogP contribution is 2.42. The highest BCUT2D eigenvalue weighted by molar-refractivity contribution is 6.17. The minimum Gasteiger partial charge on any atom is -0.454 e. The lowest BCUT2D eigenvalue weighted by molar-refractivity contribution is 0.672. The molecule has 0 N–H and O–H groups in total. The van der Waals surface area contributed by atoms with Crippen LogP contribution in [0.15, 0.2) is 193 Å². The summed E-state index contributed by atoms with van der Waals surface area (Å²) < 4.78 is 8.84. The van der Waals surface area contributed by atoms with E-state index in [9.17, 15) is 0 Å². The van der Waals surface area contributed by atoms with Crippen molar-refractivity contribution < 1.29 is 4.42 Å². The van der Waals surface area contributed by atoms with Crippen LogP contribution in [0.3, 0.4) is 0 Å². The minimum absolute atomic E-state index is 0.829. The molecule has 0 aliphatic rings. The summed E-state index contributed by atoms with van der Waals surface area (Å²) in [6, 6.07) is 64.9. The average Bonchev–Trinajstić information content (AvgIpc) is 3.78. The van der Waals surface area contributed by atoms with Gasteiger partial charge in [-0.15, -0.1) is 0 Å². The van der Waals surface area contributed by atoms with Crippen molar-refractivity contribution in [3.8, 4) is 16.8 Å². The normalized spacial score (nSPS) is 11.8. The molecule has 11 aromatic rings. The zero-order valence-electron chi connectivity index (χ0n) is 28.6. The number of rotatable bonds is 5. The van der Waals surface area contributed by atoms with Gasteiger partial charge in [0.15, 0.2) is 5.58 Å². The van der Waals surface area contributed by atoms with Crippen LogP contribution in [0.25, 0.3) is 82.2 Å². The fourth-order valence-corrected chi connectivity index (χ4v) is 8.14. The molecule has 248 valence electrons. The van der Waals surface area contributed by atoms with E-state index in [4.69, 9.17) is 9.40 Å². The van der Waals surface area contributed by atoms with Gasteiger partial charge in [-0.25, -0.2) is 0 Å². The van der Waals surface area contributed by atoms with Crippen LogP contribution in [0.2, 0.25) is 0 Å². The van der Waals surface area contributed by atoms with Gasteiger partial charge in [-0.1, -0.05) is 115 Å². The third-order valence-corrected chi connectivity index (χ3v) is 10.6. The number of para-hydroxylation sites is 2. The van der Waals surface area contributed by atoms with E-state index in [-0.39, 0.29) is 0 Å². The van der Waals surface area contributed by atoms with Gasteiger partial charge in [-0.05, 0) is 88.6 Å². The Kier molecular flexibility index (Phi) is 6.52. The van der Waals surface area contributed by atoms with E-state index in [0.29, 0.717) is 0 Å². The maximum Gasteiger partial charge on any atom is 0.161 e. The van der Waals surface area contributed by atoms with E-state index in [0.717, 1.165) is 66.7 Å². The van der Waals surface area contributed by atoms with E-state index in [1.165, 1.54) is 32.6 Å².